The third-order valence-electron chi connectivity index (χ3n) is 12.0. The largest absolute Gasteiger partial charge is 0.480 e. The maximum Gasteiger partial charge on any atom is 0.328 e. The quantitative estimate of drug-likeness (QED) is 0.365. The number of esters is 1. The molecule has 12 nitrogen and oxygen atoms in total. The summed E-state index contributed by atoms with van der Waals surface area (Å²) in [4.78, 5) is 82.8. The predicted octanol–water partition coefficient (Wildman–Crippen LogP) is 3.74. The number of carboxylic acids is 1. The molecule has 2 saturated carbocycles. The second-order valence-corrected chi connectivity index (χ2v) is 14.8. The van der Waals surface area contributed by atoms with Gasteiger partial charge in [-0.2, -0.15) is 0 Å². The minimum atomic E-state index is -1.01. The molecule has 6 rings (SSSR count). The molecule has 0 spiro atoms. The number of rotatable bonds is 9. The van der Waals surface area contributed by atoms with Crippen LogP contribution in [0.3, 0.4) is 0 Å². The van der Waals surface area contributed by atoms with Crippen LogP contribution in [-0.2, 0) is 33.5 Å². The van der Waals surface area contributed by atoms with Crippen LogP contribution in [0.5, 0.6) is 0 Å². The maximum absolute atomic E-state index is 13.3. The first kappa shape index (κ1) is 36.1. The van der Waals surface area contributed by atoms with Gasteiger partial charge in [-0.25, -0.2) is 9.59 Å². The average Bonchev–Trinajstić information content (AvgIpc) is 3.66. The molecule has 0 radical (unpaired) electrons. The Morgan fingerprint density at radius 3 is 1.52 bits per heavy atom. The summed E-state index contributed by atoms with van der Waals surface area (Å²) < 4.78 is 5.19. The molecule has 4 amide bonds. The van der Waals surface area contributed by atoms with Crippen molar-refractivity contribution in [2.24, 2.45) is 11.8 Å². The highest BCUT2D eigenvalue weighted by Gasteiger charge is 2.57. The van der Waals surface area contributed by atoms with E-state index in [0.29, 0.717) is 37.5 Å². The van der Waals surface area contributed by atoms with Crippen LogP contribution in [0.2, 0.25) is 0 Å². The van der Waals surface area contributed by atoms with Crippen molar-refractivity contribution in [3.05, 3.63) is 0 Å². The lowest BCUT2D eigenvalue weighted by molar-refractivity contribution is -0.170. The van der Waals surface area contributed by atoms with Gasteiger partial charge in [-0.05, 0) is 84.0 Å². The first-order valence-electron chi connectivity index (χ1n) is 18.7. The summed E-state index contributed by atoms with van der Waals surface area (Å²) in [6.07, 6.45) is 12.5. The van der Waals surface area contributed by atoms with E-state index >= 15 is 0 Å². The van der Waals surface area contributed by atoms with Crippen LogP contribution >= 0.6 is 0 Å². The highest BCUT2D eigenvalue weighted by Crippen LogP contribution is 2.44. The van der Waals surface area contributed by atoms with Crippen molar-refractivity contribution in [3.63, 3.8) is 0 Å². The fraction of sp³-hybridized carbons (Fsp3) is 0.833. The molecule has 1 N–H and O–H groups in total. The minimum Gasteiger partial charge on any atom is -0.480 e. The summed E-state index contributed by atoms with van der Waals surface area (Å²) in [5, 5.41) is 9.51. The molecule has 0 aromatic rings. The van der Waals surface area contributed by atoms with Gasteiger partial charge in [0.2, 0.25) is 23.6 Å². The summed E-state index contributed by atoms with van der Waals surface area (Å²) in [5.41, 5.74) is 0. The molecule has 0 bridgehead atoms. The lowest BCUT2D eigenvalue weighted by Crippen LogP contribution is -2.67. The van der Waals surface area contributed by atoms with Gasteiger partial charge in [-0.1, -0.05) is 52.4 Å². The Morgan fingerprint density at radius 1 is 0.688 bits per heavy atom. The second-order valence-electron chi connectivity index (χ2n) is 14.8. The number of aliphatic carboxylic acids is 1. The molecule has 4 saturated heterocycles. The van der Waals surface area contributed by atoms with Crippen LogP contribution in [0.25, 0.3) is 0 Å². The molecule has 0 unspecified atom stereocenters. The van der Waals surface area contributed by atoms with Gasteiger partial charge < -0.3 is 29.4 Å². The van der Waals surface area contributed by atoms with Gasteiger partial charge in [0.15, 0.2) is 0 Å². The van der Waals surface area contributed by atoms with Crippen LogP contribution < -0.4 is 0 Å². The fourth-order valence-electron chi connectivity index (χ4n) is 9.77. The lowest BCUT2D eigenvalue weighted by atomic mass is 9.85. The Bertz CT molecular complexity index is 1260. The van der Waals surface area contributed by atoms with Crippen molar-refractivity contribution < 1.29 is 38.6 Å². The standard InChI is InChI=1S/C19H30N2O4.C17H26N2O4/c1-4-8-15(19(24)25-5-2)20-12(3)17(22)21-14-10-7-6-9-13(14)11-16(21)18(20)23;1-3-6-13(17(22)23)18-10(2)15(20)19-12-8-5-4-7-11(12)9-14(19)16(18)21/h12-16H,4-11H2,1-3H3;10-14H,3-9H2,1-2H3,(H,22,23)/t12-,13-,14-,15+,16-;10-,11-,12-,13+,14+/m00/s1. The number of fused-ring (bicyclic) bond motifs is 6. The Labute approximate surface area is 284 Å². The van der Waals surface area contributed by atoms with Gasteiger partial charge in [0.1, 0.15) is 36.3 Å². The van der Waals surface area contributed by atoms with Crippen molar-refractivity contribution in [3.8, 4) is 0 Å². The summed E-state index contributed by atoms with van der Waals surface area (Å²) >= 11 is 0. The zero-order valence-corrected chi connectivity index (χ0v) is 29.5. The first-order valence-corrected chi connectivity index (χ1v) is 18.7. The molecule has 4 heterocycles. The van der Waals surface area contributed by atoms with Crippen LogP contribution in [0.4, 0.5) is 0 Å². The van der Waals surface area contributed by atoms with Gasteiger partial charge in [-0.3, -0.25) is 19.2 Å². The van der Waals surface area contributed by atoms with Crippen LogP contribution in [-0.4, -0.2) is 115 Å². The predicted molar refractivity (Wildman–Crippen MR) is 176 cm³/mol. The number of nitrogens with zero attached hydrogens (tertiary/aromatic N) is 4. The first-order chi connectivity index (χ1) is 23.0. The van der Waals surface area contributed by atoms with Crippen LogP contribution in [0.1, 0.15) is 125 Å². The Kier molecular flexibility index (Phi) is 11.4. The summed E-state index contributed by atoms with van der Waals surface area (Å²) in [6, 6.07) is -3.23. The maximum atomic E-state index is 13.3. The summed E-state index contributed by atoms with van der Waals surface area (Å²) in [6.45, 7) is 9.35. The van der Waals surface area contributed by atoms with E-state index in [1.54, 1.807) is 25.7 Å². The van der Waals surface area contributed by atoms with Crippen molar-refractivity contribution >= 4 is 35.6 Å². The fourth-order valence-corrected chi connectivity index (χ4v) is 9.77. The van der Waals surface area contributed by atoms with E-state index in [0.717, 1.165) is 57.8 Å². The van der Waals surface area contributed by atoms with Gasteiger partial charge in [0.25, 0.3) is 0 Å². The van der Waals surface area contributed by atoms with Crippen molar-refractivity contribution in [2.45, 2.75) is 173 Å². The molecule has 6 aliphatic rings. The highest BCUT2D eigenvalue weighted by atomic mass is 16.5. The number of ether oxygens (including phenoxy) is 1. The number of amides is 4. The molecule has 268 valence electrons. The average molecular weight is 673 g/mol. The van der Waals surface area contributed by atoms with Crippen molar-refractivity contribution in [1.82, 2.24) is 19.6 Å². The number of carbonyl (C=O) groups excluding carboxylic acids is 5. The lowest BCUT2D eigenvalue weighted by Gasteiger charge is -2.45. The van der Waals surface area contributed by atoms with E-state index in [1.165, 1.54) is 16.2 Å². The van der Waals surface area contributed by atoms with Crippen molar-refractivity contribution in [2.75, 3.05) is 6.61 Å². The van der Waals surface area contributed by atoms with E-state index < -0.39 is 36.2 Å². The van der Waals surface area contributed by atoms with Gasteiger partial charge in [-0.15, -0.1) is 0 Å². The summed E-state index contributed by atoms with van der Waals surface area (Å²) in [5.74, 6) is -0.838. The third-order valence-corrected chi connectivity index (χ3v) is 12.0. The van der Waals surface area contributed by atoms with E-state index in [-0.39, 0.29) is 54.3 Å². The molecule has 6 fully saturated rings. The van der Waals surface area contributed by atoms with Crippen LogP contribution in [0.15, 0.2) is 0 Å². The van der Waals surface area contributed by atoms with Crippen LogP contribution in [0, 0.1) is 11.8 Å². The zero-order chi connectivity index (χ0) is 34.9. The molecule has 0 aromatic carbocycles. The van der Waals surface area contributed by atoms with E-state index in [4.69, 9.17) is 4.74 Å². The van der Waals surface area contributed by atoms with Gasteiger partial charge in [0, 0.05) is 12.1 Å². The van der Waals surface area contributed by atoms with E-state index in [1.807, 2.05) is 18.7 Å². The monoisotopic (exact) mass is 672 g/mol. The van der Waals surface area contributed by atoms with E-state index in [9.17, 15) is 33.9 Å². The molecule has 2 aliphatic carbocycles. The molecule has 0 aromatic heterocycles. The third kappa shape index (κ3) is 6.44. The number of hydrogen-bond donors (Lipinski definition) is 1. The Balaban J connectivity index is 0.000000188. The Hall–Kier alpha value is -3.18. The SMILES string of the molecule is CCC[C@H](C(=O)O)N1C(=O)[C@H]2C[C@@H]3CCCC[C@@H]3N2C(=O)[C@@H]1C.CCC[C@H](C(=O)OCC)N1C(=O)[C@@H]2C[C@@H]3CCCC[C@@H]3N2C(=O)[C@@H]1C. The van der Waals surface area contributed by atoms with E-state index in [2.05, 4.69) is 0 Å². The number of carbonyl (C=O) groups is 6. The molecule has 12 heteroatoms. The molecular weight excluding hydrogens is 616 g/mol. The Morgan fingerprint density at radius 2 is 1.10 bits per heavy atom. The molecule has 4 aliphatic heterocycles. The van der Waals surface area contributed by atoms with Gasteiger partial charge in [0.05, 0.1) is 6.61 Å². The number of piperazine rings is 2. The van der Waals surface area contributed by atoms with Gasteiger partial charge >= 0.3 is 11.9 Å². The smallest absolute Gasteiger partial charge is 0.328 e. The topological polar surface area (TPSA) is 145 Å². The summed E-state index contributed by atoms with van der Waals surface area (Å²) in [7, 11) is 0. The molecular formula is C36H56N4O8. The second kappa shape index (κ2) is 15.2. The molecule has 10 atom stereocenters. The van der Waals surface area contributed by atoms with Crippen molar-refractivity contribution in [1.29, 1.82) is 0 Å². The molecule has 48 heavy (non-hydrogen) atoms. The highest BCUT2D eigenvalue weighted by molar-refractivity contribution is 6.00. The zero-order valence-electron chi connectivity index (χ0n) is 29.5. The minimum absolute atomic E-state index is 0.00408. The normalized spacial score (nSPS) is 34.0. The number of hydrogen-bond acceptors (Lipinski definition) is 7. The number of carboxylic acid groups (broad SMARTS) is 1.